The van der Waals surface area contributed by atoms with Crippen LogP contribution in [0.2, 0.25) is 5.02 Å². The van der Waals surface area contributed by atoms with Gasteiger partial charge in [0.25, 0.3) is 0 Å². The molecular weight excluding hydrogens is 453 g/mol. The maximum atomic E-state index is 13.1. The Hall–Kier alpha value is -1.32. The highest BCUT2D eigenvalue weighted by molar-refractivity contribution is 7.89. The summed E-state index contributed by atoms with van der Waals surface area (Å²) in [4.78, 5) is 12.3. The molecule has 2 aliphatic rings. The molecule has 1 heterocycles. The molecule has 1 amide bonds. The van der Waals surface area contributed by atoms with Crippen LogP contribution in [0.15, 0.2) is 23.1 Å². The van der Waals surface area contributed by atoms with E-state index in [9.17, 15) is 26.4 Å². The number of nitrogens with zero attached hydrogens (tertiary/aromatic N) is 1. The van der Waals surface area contributed by atoms with E-state index in [0.29, 0.717) is 30.7 Å². The van der Waals surface area contributed by atoms with Gasteiger partial charge < -0.3 is 5.32 Å². The maximum Gasteiger partial charge on any atom is 0.417 e. The first kappa shape index (κ1) is 24.3. The summed E-state index contributed by atoms with van der Waals surface area (Å²) in [6.07, 6.45) is -0.897. The van der Waals surface area contributed by atoms with E-state index in [1.165, 1.54) is 0 Å². The number of carbonyl (C=O) groups is 1. The largest absolute Gasteiger partial charge is 0.417 e. The van der Waals surface area contributed by atoms with Crippen molar-refractivity contribution in [3.63, 3.8) is 0 Å². The topological polar surface area (TPSA) is 66.5 Å². The van der Waals surface area contributed by atoms with Crippen molar-refractivity contribution in [3.8, 4) is 0 Å². The molecule has 1 saturated carbocycles. The number of nitrogens with one attached hydrogen (secondary N) is 1. The number of hydrogen-bond donors (Lipinski definition) is 1. The number of halogens is 4. The van der Waals surface area contributed by atoms with Gasteiger partial charge in [-0.15, -0.1) is 0 Å². The highest BCUT2D eigenvalue weighted by atomic mass is 35.5. The van der Waals surface area contributed by atoms with Crippen LogP contribution < -0.4 is 5.32 Å². The van der Waals surface area contributed by atoms with E-state index in [-0.39, 0.29) is 31.0 Å². The van der Waals surface area contributed by atoms with Crippen LogP contribution in [0.4, 0.5) is 13.2 Å². The van der Waals surface area contributed by atoms with Gasteiger partial charge in [0.05, 0.1) is 15.5 Å². The molecule has 1 aromatic carbocycles. The van der Waals surface area contributed by atoms with Crippen molar-refractivity contribution in [1.82, 2.24) is 9.62 Å². The van der Waals surface area contributed by atoms with Gasteiger partial charge in [-0.1, -0.05) is 38.3 Å². The van der Waals surface area contributed by atoms with E-state index in [2.05, 4.69) is 19.2 Å². The summed E-state index contributed by atoms with van der Waals surface area (Å²) in [5, 5.41) is 2.59. The molecular formula is C21H28ClF3N2O3S. The van der Waals surface area contributed by atoms with Crippen molar-refractivity contribution in [2.24, 2.45) is 17.8 Å². The molecule has 3 unspecified atom stereocenters. The van der Waals surface area contributed by atoms with Crippen LogP contribution in [-0.2, 0) is 21.0 Å². The first-order chi connectivity index (χ1) is 14.4. The van der Waals surface area contributed by atoms with Gasteiger partial charge in [-0.2, -0.15) is 17.5 Å². The minimum atomic E-state index is -4.75. The molecule has 0 bridgehead atoms. The van der Waals surface area contributed by atoms with Crippen LogP contribution in [0, 0.1) is 17.8 Å². The zero-order valence-corrected chi connectivity index (χ0v) is 19.2. The molecule has 5 nitrogen and oxygen atoms in total. The minimum Gasteiger partial charge on any atom is -0.353 e. The number of rotatable bonds is 4. The molecule has 1 aliphatic heterocycles. The molecule has 0 aromatic heterocycles. The lowest BCUT2D eigenvalue weighted by molar-refractivity contribution is -0.137. The number of hydrogen-bond acceptors (Lipinski definition) is 3. The Bertz CT molecular complexity index is 915. The zero-order chi connectivity index (χ0) is 23.0. The van der Waals surface area contributed by atoms with Crippen molar-refractivity contribution in [3.05, 3.63) is 28.8 Å². The van der Waals surface area contributed by atoms with Crippen LogP contribution in [0.25, 0.3) is 0 Å². The summed E-state index contributed by atoms with van der Waals surface area (Å²) in [5.41, 5.74) is -1.18. The van der Waals surface area contributed by atoms with Crippen LogP contribution >= 0.6 is 11.6 Å². The quantitative estimate of drug-likeness (QED) is 0.679. The van der Waals surface area contributed by atoms with Crippen LogP contribution in [0.1, 0.15) is 51.5 Å². The second-order valence-corrected chi connectivity index (χ2v) is 11.0. The summed E-state index contributed by atoms with van der Waals surface area (Å²) < 4.78 is 66.2. The van der Waals surface area contributed by atoms with Gasteiger partial charge in [-0.3, -0.25) is 4.79 Å². The summed E-state index contributed by atoms with van der Waals surface area (Å²) >= 11 is 5.60. The van der Waals surface area contributed by atoms with E-state index >= 15 is 0 Å². The average molecular weight is 481 g/mol. The van der Waals surface area contributed by atoms with Gasteiger partial charge >= 0.3 is 6.18 Å². The molecule has 2 fully saturated rings. The third kappa shape index (κ3) is 5.37. The molecule has 31 heavy (non-hydrogen) atoms. The molecule has 10 heteroatoms. The number of amides is 1. The Morgan fingerprint density at radius 1 is 1.13 bits per heavy atom. The number of alkyl halides is 3. The lowest BCUT2D eigenvalue weighted by Crippen LogP contribution is -2.48. The van der Waals surface area contributed by atoms with Gasteiger partial charge in [0.15, 0.2) is 0 Å². The maximum absolute atomic E-state index is 13.1. The molecule has 1 N–H and O–H groups in total. The van der Waals surface area contributed by atoms with E-state index in [4.69, 9.17) is 11.6 Å². The Balaban J connectivity index is 1.64. The summed E-state index contributed by atoms with van der Waals surface area (Å²) in [6, 6.07) is 2.73. The van der Waals surface area contributed by atoms with Crippen LogP contribution in [0.5, 0.6) is 0 Å². The van der Waals surface area contributed by atoms with Gasteiger partial charge in [0.1, 0.15) is 0 Å². The van der Waals surface area contributed by atoms with Gasteiger partial charge in [-0.05, 0) is 49.3 Å². The number of sulfonamides is 1. The standard InChI is InChI=1S/C21H28ClF3N2O3S/c1-13-4-3-5-19(14(13)2)26-20(28)15-8-10-27(11-9-15)31(29,30)16-6-7-18(22)17(12-16)21(23,24)25/h6-7,12-15,19H,3-5,8-11H2,1-2H3,(H,26,28). The fourth-order valence-corrected chi connectivity index (χ4v) is 6.20. The first-order valence-corrected chi connectivity index (χ1v) is 12.4. The smallest absolute Gasteiger partial charge is 0.353 e. The van der Waals surface area contributed by atoms with E-state index in [0.717, 1.165) is 35.7 Å². The fourth-order valence-electron chi connectivity index (χ4n) is 4.48. The second kappa shape index (κ2) is 9.27. The number of carbonyl (C=O) groups excluding carboxylic acids is 1. The average Bonchev–Trinajstić information content (AvgIpc) is 2.70. The predicted octanol–water partition coefficient (Wildman–Crippen LogP) is 4.70. The van der Waals surface area contributed by atoms with Crippen molar-refractivity contribution < 1.29 is 26.4 Å². The molecule has 1 aromatic rings. The van der Waals surface area contributed by atoms with E-state index in [1.54, 1.807) is 0 Å². The molecule has 0 spiro atoms. The van der Waals surface area contributed by atoms with Gasteiger partial charge in [-0.25, -0.2) is 8.42 Å². The van der Waals surface area contributed by atoms with E-state index in [1.807, 2.05) is 0 Å². The van der Waals surface area contributed by atoms with Crippen molar-refractivity contribution in [2.75, 3.05) is 13.1 Å². The summed E-state index contributed by atoms with van der Waals surface area (Å²) in [6.45, 7) is 4.50. The predicted molar refractivity (Wildman–Crippen MR) is 112 cm³/mol. The van der Waals surface area contributed by atoms with Crippen molar-refractivity contribution in [2.45, 2.75) is 63.1 Å². The molecule has 174 valence electrons. The Kier molecular flexibility index (Phi) is 7.28. The first-order valence-electron chi connectivity index (χ1n) is 10.6. The lowest BCUT2D eigenvalue weighted by Gasteiger charge is -2.36. The SMILES string of the molecule is CC1CCCC(NC(=O)C2CCN(S(=O)(=O)c3ccc(Cl)c(C(F)(F)F)c3)CC2)C1C. The Morgan fingerprint density at radius 3 is 2.39 bits per heavy atom. The Labute approximate surface area is 186 Å². The molecule has 0 radical (unpaired) electrons. The molecule has 3 rings (SSSR count). The highest BCUT2D eigenvalue weighted by Crippen LogP contribution is 2.37. The third-order valence-corrected chi connectivity index (χ3v) is 8.96. The molecule has 1 saturated heterocycles. The lowest BCUT2D eigenvalue weighted by atomic mass is 9.78. The normalized spacial score (nSPS) is 26.6. The van der Waals surface area contributed by atoms with E-state index < -0.39 is 31.7 Å². The highest BCUT2D eigenvalue weighted by Gasteiger charge is 2.37. The molecule has 1 aliphatic carbocycles. The minimum absolute atomic E-state index is 0.0613. The zero-order valence-electron chi connectivity index (χ0n) is 17.6. The monoisotopic (exact) mass is 480 g/mol. The number of benzene rings is 1. The van der Waals surface area contributed by atoms with Crippen LogP contribution in [-0.4, -0.2) is 37.8 Å². The third-order valence-electron chi connectivity index (χ3n) is 6.74. The van der Waals surface area contributed by atoms with Crippen molar-refractivity contribution in [1.29, 1.82) is 0 Å². The number of piperidine rings is 1. The molecule has 3 atom stereocenters. The van der Waals surface area contributed by atoms with Crippen molar-refractivity contribution >= 4 is 27.5 Å². The Morgan fingerprint density at radius 2 is 1.77 bits per heavy atom. The fraction of sp³-hybridized carbons (Fsp3) is 0.667. The van der Waals surface area contributed by atoms with Gasteiger partial charge in [0.2, 0.25) is 15.9 Å². The second-order valence-electron chi connectivity index (χ2n) is 8.70. The summed E-state index contributed by atoms with van der Waals surface area (Å²) in [5.74, 6) is 0.582. The van der Waals surface area contributed by atoms with Gasteiger partial charge in [0, 0.05) is 25.0 Å². The van der Waals surface area contributed by atoms with Crippen LogP contribution in [0.3, 0.4) is 0 Å². The summed E-state index contributed by atoms with van der Waals surface area (Å²) in [7, 11) is -4.11.